The fourth-order valence-corrected chi connectivity index (χ4v) is 4.49. The standard InChI is InChI=1S/C24H25N5O2S2/c1-15-5-7-16(8-6-15)13-25-20(30)22-28-26-19(33-22)14-32-23-29-27-21(31-23)17-9-11-18(12-10-17)24(2,3)4/h5-12H,13-14H2,1-4H3,(H,25,30). The molecule has 0 aliphatic heterocycles. The van der Waals surface area contributed by atoms with Gasteiger partial charge in [-0.1, -0.05) is 85.8 Å². The predicted octanol–water partition coefficient (Wildman–Crippen LogP) is 5.42. The van der Waals surface area contributed by atoms with Crippen LogP contribution >= 0.6 is 23.1 Å². The number of thioether (sulfide) groups is 1. The quantitative estimate of drug-likeness (QED) is 0.354. The molecular formula is C24H25N5O2S2. The van der Waals surface area contributed by atoms with E-state index >= 15 is 0 Å². The zero-order chi connectivity index (χ0) is 23.4. The van der Waals surface area contributed by atoms with Gasteiger partial charge in [-0.15, -0.1) is 20.4 Å². The number of nitrogens with one attached hydrogen (secondary N) is 1. The average molecular weight is 480 g/mol. The van der Waals surface area contributed by atoms with E-state index in [-0.39, 0.29) is 11.3 Å². The van der Waals surface area contributed by atoms with E-state index in [9.17, 15) is 4.79 Å². The Morgan fingerprint density at radius 3 is 2.42 bits per heavy atom. The summed E-state index contributed by atoms with van der Waals surface area (Å²) in [4.78, 5) is 12.4. The zero-order valence-corrected chi connectivity index (χ0v) is 20.6. The summed E-state index contributed by atoms with van der Waals surface area (Å²) >= 11 is 2.63. The third-order valence-electron chi connectivity index (χ3n) is 4.96. The van der Waals surface area contributed by atoms with Crippen molar-refractivity contribution in [3.05, 3.63) is 75.2 Å². The highest BCUT2D eigenvalue weighted by Gasteiger charge is 2.16. The maximum absolute atomic E-state index is 12.4. The smallest absolute Gasteiger partial charge is 0.282 e. The lowest BCUT2D eigenvalue weighted by Gasteiger charge is -2.18. The minimum Gasteiger partial charge on any atom is -0.411 e. The van der Waals surface area contributed by atoms with E-state index in [4.69, 9.17) is 4.42 Å². The maximum Gasteiger partial charge on any atom is 0.282 e. The van der Waals surface area contributed by atoms with Gasteiger partial charge in [-0.2, -0.15) is 0 Å². The summed E-state index contributed by atoms with van der Waals surface area (Å²) in [6.45, 7) is 9.01. The monoisotopic (exact) mass is 479 g/mol. The van der Waals surface area contributed by atoms with Crippen LogP contribution in [0.4, 0.5) is 0 Å². The van der Waals surface area contributed by atoms with Crippen LogP contribution in [0.3, 0.4) is 0 Å². The van der Waals surface area contributed by atoms with Crippen LogP contribution in [-0.4, -0.2) is 26.3 Å². The number of carbonyl (C=O) groups is 1. The van der Waals surface area contributed by atoms with Crippen molar-refractivity contribution in [1.29, 1.82) is 0 Å². The molecule has 0 aliphatic rings. The van der Waals surface area contributed by atoms with Gasteiger partial charge in [0.1, 0.15) is 5.01 Å². The van der Waals surface area contributed by atoms with Crippen LogP contribution in [0.15, 0.2) is 58.2 Å². The molecule has 2 aromatic carbocycles. The summed E-state index contributed by atoms with van der Waals surface area (Å²) in [6.07, 6.45) is 0. The van der Waals surface area contributed by atoms with Gasteiger partial charge < -0.3 is 9.73 Å². The minimum atomic E-state index is -0.233. The first-order chi connectivity index (χ1) is 15.8. The van der Waals surface area contributed by atoms with E-state index in [1.165, 1.54) is 34.2 Å². The lowest BCUT2D eigenvalue weighted by atomic mass is 9.87. The molecule has 1 N–H and O–H groups in total. The van der Waals surface area contributed by atoms with E-state index in [0.717, 1.165) is 16.1 Å². The van der Waals surface area contributed by atoms with Gasteiger partial charge in [0.05, 0.1) is 5.75 Å². The summed E-state index contributed by atoms with van der Waals surface area (Å²) in [5.41, 5.74) is 4.44. The number of benzene rings is 2. The molecule has 0 atom stereocenters. The number of amides is 1. The van der Waals surface area contributed by atoms with Crippen LogP contribution in [0.25, 0.3) is 11.5 Å². The Kier molecular flexibility index (Phi) is 6.90. The first-order valence-corrected chi connectivity index (χ1v) is 12.3. The molecule has 0 unspecified atom stereocenters. The van der Waals surface area contributed by atoms with Crippen LogP contribution in [0.2, 0.25) is 0 Å². The van der Waals surface area contributed by atoms with Gasteiger partial charge in [0.2, 0.25) is 10.9 Å². The molecule has 9 heteroatoms. The first kappa shape index (κ1) is 23.1. The van der Waals surface area contributed by atoms with Gasteiger partial charge in [-0.3, -0.25) is 4.79 Å². The van der Waals surface area contributed by atoms with Crippen molar-refractivity contribution >= 4 is 29.0 Å². The van der Waals surface area contributed by atoms with E-state index in [1.807, 2.05) is 43.3 Å². The second kappa shape index (κ2) is 9.84. The summed E-state index contributed by atoms with van der Waals surface area (Å²) in [5, 5.41) is 20.8. The molecule has 4 aromatic rings. The van der Waals surface area contributed by atoms with E-state index in [0.29, 0.717) is 28.4 Å². The molecule has 7 nitrogen and oxygen atoms in total. The molecular weight excluding hydrogens is 454 g/mol. The predicted molar refractivity (Wildman–Crippen MR) is 130 cm³/mol. The minimum absolute atomic E-state index is 0.0898. The normalized spacial score (nSPS) is 11.5. The number of hydrogen-bond acceptors (Lipinski definition) is 8. The van der Waals surface area contributed by atoms with E-state index < -0.39 is 0 Å². The van der Waals surface area contributed by atoms with Crippen molar-refractivity contribution in [2.24, 2.45) is 0 Å². The van der Waals surface area contributed by atoms with Crippen LogP contribution < -0.4 is 5.32 Å². The van der Waals surface area contributed by atoms with E-state index in [2.05, 4.69) is 58.6 Å². The molecule has 0 saturated heterocycles. The molecule has 0 saturated carbocycles. The van der Waals surface area contributed by atoms with Gasteiger partial charge in [-0.25, -0.2) is 0 Å². The van der Waals surface area contributed by atoms with Gasteiger partial charge in [0.25, 0.3) is 11.1 Å². The average Bonchev–Trinajstić information content (AvgIpc) is 3.46. The molecule has 0 spiro atoms. The summed E-state index contributed by atoms with van der Waals surface area (Å²) in [5.74, 6) is 0.738. The Bertz CT molecular complexity index is 1220. The van der Waals surface area contributed by atoms with Crippen LogP contribution in [0.1, 0.15) is 52.3 Å². The molecule has 0 fully saturated rings. The third kappa shape index (κ3) is 6.06. The van der Waals surface area contributed by atoms with Crippen molar-refractivity contribution in [3.63, 3.8) is 0 Å². The summed E-state index contributed by atoms with van der Waals surface area (Å²) in [6, 6.07) is 16.2. The highest BCUT2D eigenvalue weighted by Crippen LogP contribution is 2.29. The number of rotatable bonds is 7. The summed E-state index contributed by atoms with van der Waals surface area (Å²) < 4.78 is 5.78. The Morgan fingerprint density at radius 1 is 1.00 bits per heavy atom. The van der Waals surface area contributed by atoms with Crippen molar-refractivity contribution in [1.82, 2.24) is 25.7 Å². The molecule has 0 aliphatic carbocycles. The van der Waals surface area contributed by atoms with E-state index in [1.54, 1.807) is 0 Å². The number of aromatic nitrogens is 4. The summed E-state index contributed by atoms with van der Waals surface area (Å²) in [7, 11) is 0. The molecule has 0 radical (unpaired) electrons. The van der Waals surface area contributed by atoms with Crippen molar-refractivity contribution in [2.45, 2.75) is 50.6 Å². The first-order valence-electron chi connectivity index (χ1n) is 10.5. The lowest BCUT2D eigenvalue weighted by molar-refractivity contribution is 0.0950. The van der Waals surface area contributed by atoms with Crippen LogP contribution in [0, 0.1) is 6.92 Å². The number of hydrogen-bond donors (Lipinski definition) is 1. The maximum atomic E-state index is 12.4. The third-order valence-corrected chi connectivity index (χ3v) is 6.89. The highest BCUT2D eigenvalue weighted by molar-refractivity contribution is 7.98. The SMILES string of the molecule is Cc1ccc(CNC(=O)c2nnc(CSc3nnc(-c4ccc(C(C)(C)C)cc4)o3)s2)cc1. The van der Waals surface area contributed by atoms with Crippen molar-refractivity contribution in [2.75, 3.05) is 0 Å². The van der Waals surface area contributed by atoms with Crippen molar-refractivity contribution in [3.8, 4) is 11.5 Å². The molecule has 4 rings (SSSR count). The lowest BCUT2D eigenvalue weighted by Crippen LogP contribution is -2.22. The topological polar surface area (TPSA) is 93.8 Å². The largest absolute Gasteiger partial charge is 0.411 e. The molecule has 2 heterocycles. The van der Waals surface area contributed by atoms with Gasteiger partial charge >= 0.3 is 0 Å². The van der Waals surface area contributed by atoms with Gasteiger partial charge in [0, 0.05) is 12.1 Å². The Morgan fingerprint density at radius 2 is 1.73 bits per heavy atom. The number of nitrogens with zero attached hydrogens (tertiary/aromatic N) is 4. The van der Waals surface area contributed by atoms with Crippen LogP contribution in [0.5, 0.6) is 0 Å². The number of aryl methyl sites for hydroxylation is 1. The fourth-order valence-electron chi connectivity index (χ4n) is 2.99. The Labute approximate surface area is 201 Å². The van der Waals surface area contributed by atoms with Crippen LogP contribution in [-0.2, 0) is 17.7 Å². The highest BCUT2D eigenvalue weighted by atomic mass is 32.2. The second-order valence-electron chi connectivity index (χ2n) is 8.66. The molecule has 2 aromatic heterocycles. The molecule has 0 bridgehead atoms. The van der Waals surface area contributed by atoms with Crippen molar-refractivity contribution < 1.29 is 9.21 Å². The zero-order valence-electron chi connectivity index (χ0n) is 19.0. The van der Waals surface area contributed by atoms with Gasteiger partial charge in [0.15, 0.2) is 0 Å². The fraction of sp³-hybridized carbons (Fsp3) is 0.292. The second-order valence-corrected chi connectivity index (χ2v) is 10.6. The molecule has 33 heavy (non-hydrogen) atoms. The molecule has 1 amide bonds. The Balaban J connectivity index is 1.31. The van der Waals surface area contributed by atoms with Gasteiger partial charge in [-0.05, 0) is 35.6 Å². The Hall–Kier alpha value is -3.04. The molecule has 170 valence electrons. The number of carbonyl (C=O) groups excluding carboxylic acids is 1.